The van der Waals surface area contributed by atoms with Crippen LogP contribution in [0.15, 0.2) is 42.5 Å². The zero-order valence-corrected chi connectivity index (χ0v) is 18.4. The first kappa shape index (κ1) is 22.0. The number of nitrogens with one attached hydrogen (secondary N) is 2. The van der Waals surface area contributed by atoms with Gasteiger partial charge in [0, 0.05) is 38.4 Å². The van der Waals surface area contributed by atoms with Crippen LogP contribution in [-0.4, -0.2) is 61.4 Å². The van der Waals surface area contributed by atoms with Gasteiger partial charge in [0.05, 0.1) is 6.04 Å². The molecule has 1 atom stereocenters. The fourth-order valence-corrected chi connectivity index (χ4v) is 3.72. The molecule has 6 heteroatoms. The van der Waals surface area contributed by atoms with Gasteiger partial charge < -0.3 is 15.5 Å². The molecule has 0 spiro atoms. The third-order valence-corrected chi connectivity index (χ3v) is 5.96. The highest BCUT2D eigenvalue weighted by Gasteiger charge is 2.25. The van der Waals surface area contributed by atoms with Crippen molar-refractivity contribution in [2.45, 2.75) is 26.8 Å². The molecule has 6 nitrogen and oxygen atoms in total. The van der Waals surface area contributed by atoms with E-state index in [0.717, 1.165) is 42.9 Å². The van der Waals surface area contributed by atoms with Crippen LogP contribution in [0.4, 0.5) is 5.69 Å². The average Bonchev–Trinajstić information content (AvgIpc) is 2.73. The molecule has 1 heterocycles. The molecule has 1 aliphatic heterocycles. The number of rotatable bonds is 5. The van der Waals surface area contributed by atoms with Crippen LogP contribution in [0.3, 0.4) is 0 Å². The quantitative estimate of drug-likeness (QED) is 0.747. The van der Waals surface area contributed by atoms with Crippen molar-refractivity contribution in [2.24, 2.45) is 0 Å². The van der Waals surface area contributed by atoms with Crippen molar-refractivity contribution in [3.8, 4) is 0 Å². The summed E-state index contributed by atoms with van der Waals surface area (Å²) in [5.41, 5.74) is 5.06. The van der Waals surface area contributed by atoms with E-state index in [9.17, 15) is 9.59 Å². The topological polar surface area (TPSA) is 64.7 Å². The van der Waals surface area contributed by atoms with Crippen LogP contribution in [0, 0.1) is 20.8 Å². The molecule has 0 bridgehead atoms. The molecule has 3 rings (SSSR count). The molecule has 160 valence electrons. The zero-order valence-electron chi connectivity index (χ0n) is 18.4. The van der Waals surface area contributed by atoms with Crippen molar-refractivity contribution < 1.29 is 9.59 Å². The van der Waals surface area contributed by atoms with Gasteiger partial charge in [0.25, 0.3) is 0 Å². The third kappa shape index (κ3) is 5.46. The van der Waals surface area contributed by atoms with Gasteiger partial charge in [-0.2, -0.15) is 0 Å². The van der Waals surface area contributed by atoms with Crippen molar-refractivity contribution in [1.29, 1.82) is 0 Å². The van der Waals surface area contributed by atoms with Gasteiger partial charge in [0.15, 0.2) is 0 Å². The Morgan fingerprint density at radius 1 is 0.933 bits per heavy atom. The number of hydrogen-bond donors (Lipinski definition) is 2. The van der Waals surface area contributed by atoms with Crippen LogP contribution in [0.2, 0.25) is 0 Å². The second-order valence-corrected chi connectivity index (χ2v) is 8.18. The van der Waals surface area contributed by atoms with Crippen LogP contribution in [-0.2, 0) is 9.59 Å². The normalized spacial score (nSPS) is 16.1. The van der Waals surface area contributed by atoms with Gasteiger partial charge in [-0.25, -0.2) is 0 Å². The summed E-state index contributed by atoms with van der Waals surface area (Å²) >= 11 is 0. The van der Waals surface area contributed by atoms with Crippen molar-refractivity contribution in [2.75, 3.05) is 45.1 Å². The largest absolute Gasteiger partial charge is 0.346 e. The molecule has 2 aromatic rings. The van der Waals surface area contributed by atoms with Gasteiger partial charge in [-0.05, 0) is 50.6 Å². The average molecular weight is 409 g/mol. The second-order valence-electron chi connectivity index (χ2n) is 8.18. The monoisotopic (exact) mass is 408 g/mol. The summed E-state index contributed by atoms with van der Waals surface area (Å²) in [7, 11) is 2.12. The minimum Gasteiger partial charge on any atom is -0.346 e. The highest BCUT2D eigenvalue weighted by atomic mass is 16.2. The maximum absolute atomic E-state index is 12.5. The number of aryl methyl sites for hydroxylation is 2. The number of anilines is 1. The molecule has 30 heavy (non-hydrogen) atoms. The number of likely N-dealkylation sites (N-methyl/N-ethyl adjacent to an activating group) is 1. The van der Waals surface area contributed by atoms with Gasteiger partial charge in [-0.3, -0.25) is 14.5 Å². The van der Waals surface area contributed by atoms with Gasteiger partial charge in [-0.15, -0.1) is 0 Å². The Bertz CT molecular complexity index is 887. The number of carbonyl (C=O) groups excluding carboxylic acids is 2. The van der Waals surface area contributed by atoms with Crippen LogP contribution in [0.1, 0.15) is 28.3 Å². The summed E-state index contributed by atoms with van der Waals surface area (Å²) in [5, 5.41) is 5.59. The molecule has 0 aliphatic carbocycles. The lowest BCUT2D eigenvalue weighted by atomic mass is 10.0. The fourth-order valence-electron chi connectivity index (χ4n) is 3.72. The lowest BCUT2D eigenvalue weighted by Gasteiger charge is -2.38. The SMILES string of the molecule is Cc1ccc([C@H](CNC(=O)C(=O)Nc2cccc(C)c2C)N2CCN(C)CC2)cc1. The first-order valence-electron chi connectivity index (χ1n) is 10.5. The Kier molecular flexibility index (Phi) is 7.24. The van der Waals surface area contributed by atoms with E-state index >= 15 is 0 Å². The van der Waals surface area contributed by atoms with Crippen molar-refractivity contribution in [3.05, 3.63) is 64.7 Å². The molecule has 2 N–H and O–H groups in total. The van der Waals surface area contributed by atoms with E-state index in [1.807, 2.05) is 32.0 Å². The van der Waals surface area contributed by atoms with E-state index in [4.69, 9.17) is 0 Å². The second kappa shape index (κ2) is 9.87. The number of benzene rings is 2. The summed E-state index contributed by atoms with van der Waals surface area (Å²) in [6.07, 6.45) is 0. The smallest absolute Gasteiger partial charge is 0.313 e. The van der Waals surface area contributed by atoms with Gasteiger partial charge in [0.1, 0.15) is 0 Å². The van der Waals surface area contributed by atoms with Crippen LogP contribution in [0.25, 0.3) is 0 Å². The van der Waals surface area contributed by atoms with Crippen molar-refractivity contribution in [3.63, 3.8) is 0 Å². The Morgan fingerprint density at radius 3 is 2.27 bits per heavy atom. The number of hydrogen-bond acceptors (Lipinski definition) is 4. The van der Waals surface area contributed by atoms with Gasteiger partial charge in [0.2, 0.25) is 0 Å². The van der Waals surface area contributed by atoms with Crippen molar-refractivity contribution >= 4 is 17.5 Å². The summed E-state index contributed by atoms with van der Waals surface area (Å²) < 4.78 is 0. The van der Waals surface area contributed by atoms with E-state index in [0.29, 0.717) is 12.2 Å². The molecule has 1 aliphatic rings. The maximum Gasteiger partial charge on any atom is 0.313 e. The Morgan fingerprint density at radius 2 is 1.60 bits per heavy atom. The molecule has 0 saturated carbocycles. The van der Waals surface area contributed by atoms with E-state index in [-0.39, 0.29) is 6.04 Å². The minimum absolute atomic E-state index is 0.0387. The van der Waals surface area contributed by atoms with Crippen LogP contribution < -0.4 is 10.6 Å². The fraction of sp³-hybridized carbons (Fsp3) is 0.417. The molecular formula is C24H32N4O2. The predicted molar refractivity (Wildman–Crippen MR) is 121 cm³/mol. The van der Waals surface area contributed by atoms with Crippen molar-refractivity contribution in [1.82, 2.24) is 15.1 Å². The Hall–Kier alpha value is -2.70. The summed E-state index contributed by atoms with van der Waals surface area (Å²) in [4.78, 5) is 29.7. The minimum atomic E-state index is -0.635. The zero-order chi connectivity index (χ0) is 21.7. The summed E-state index contributed by atoms with van der Waals surface area (Å²) in [6, 6.07) is 14.1. The number of nitrogens with zero attached hydrogens (tertiary/aromatic N) is 2. The van der Waals surface area contributed by atoms with Crippen LogP contribution in [0.5, 0.6) is 0 Å². The molecule has 2 amide bonds. The number of carbonyl (C=O) groups is 2. The summed E-state index contributed by atoms with van der Waals surface area (Å²) in [6.45, 7) is 10.2. The van der Waals surface area contributed by atoms with Crippen LogP contribution >= 0.6 is 0 Å². The van der Waals surface area contributed by atoms with E-state index in [1.165, 1.54) is 5.56 Å². The Balaban J connectivity index is 1.66. The highest BCUT2D eigenvalue weighted by molar-refractivity contribution is 6.39. The highest BCUT2D eigenvalue weighted by Crippen LogP contribution is 2.22. The number of amides is 2. The standard InChI is InChI=1S/C24H32N4O2/c1-17-8-10-20(11-9-17)22(28-14-12-27(4)13-15-28)16-25-23(29)24(30)26-21-7-5-6-18(2)19(21)3/h5-11,22H,12-16H2,1-4H3,(H,25,29)(H,26,30)/t22-/m0/s1. The summed E-state index contributed by atoms with van der Waals surface area (Å²) in [5.74, 6) is -1.24. The maximum atomic E-state index is 12.5. The molecule has 0 radical (unpaired) electrons. The molecule has 1 fully saturated rings. The molecule has 0 unspecified atom stereocenters. The van der Waals surface area contributed by atoms with Gasteiger partial charge in [-0.1, -0.05) is 42.0 Å². The first-order chi connectivity index (χ1) is 14.3. The predicted octanol–water partition coefficient (Wildman–Crippen LogP) is 2.66. The molecular weight excluding hydrogens is 376 g/mol. The molecule has 1 saturated heterocycles. The van der Waals surface area contributed by atoms with E-state index in [1.54, 1.807) is 0 Å². The lowest BCUT2D eigenvalue weighted by molar-refractivity contribution is -0.136. The first-order valence-corrected chi connectivity index (χ1v) is 10.5. The molecule has 2 aromatic carbocycles. The van der Waals surface area contributed by atoms with Gasteiger partial charge >= 0.3 is 11.8 Å². The molecule has 0 aromatic heterocycles. The van der Waals surface area contributed by atoms with E-state index in [2.05, 4.69) is 58.7 Å². The lowest BCUT2D eigenvalue weighted by Crippen LogP contribution is -2.49. The third-order valence-electron chi connectivity index (χ3n) is 5.96. The van der Waals surface area contributed by atoms with E-state index < -0.39 is 11.8 Å². The number of piperazine rings is 1. The Labute approximate surface area is 179 Å².